The molecule has 8 heteroatoms. The Hall–Kier alpha value is -0.800. The number of hydrogen-bond donors (Lipinski definition) is 1. The molecule has 2 aromatic heterocycles. The lowest BCUT2D eigenvalue weighted by Gasteiger charge is -2.22. The van der Waals surface area contributed by atoms with E-state index in [9.17, 15) is 0 Å². The molecule has 0 radical (unpaired) electrons. The predicted molar refractivity (Wildman–Crippen MR) is 114 cm³/mol. The SMILES string of the molecule is CN=C(NCCc1sc(C)nc1C)N(C)Cc1cc(Cl)cn1C.I. The van der Waals surface area contributed by atoms with Crippen LogP contribution in [0.5, 0.6) is 0 Å². The lowest BCUT2D eigenvalue weighted by atomic mass is 10.3. The predicted octanol–water partition coefficient (Wildman–Crippen LogP) is 3.62. The summed E-state index contributed by atoms with van der Waals surface area (Å²) < 4.78 is 2.04. The van der Waals surface area contributed by atoms with Gasteiger partial charge in [0.05, 0.1) is 22.3 Å². The first-order valence-corrected chi connectivity index (χ1v) is 8.75. The lowest BCUT2D eigenvalue weighted by Crippen LogP contribution is -2.39. The third-order valence-electron chi connectivity index (χ3n) is 3.68. The van der Waals surface area contributed by atoms with E-state index in [1.54, 1.807) is 18.4 Å². The second kappa shape index (κ2) is 9.62. The summed E-state index contributed by atoms with van der Waals surface area (Å²) in [6.07, 6.45) is 2.87. The van der Waals surface area contributed by atoms with Crippen molar-refractivity contribution in [3.63, 3.8) is 0 Å². The van der Waals surface area contributed by atoms with Gasteiger partial charge in [0.25, 0.3) is 0 Å². The zero-order valence-corrected chi connectivity index (χ0v) is 18.7. The van der Waals surface area contributed by atoms with E-state index < -0.39 is 0 Å². The minimum Gasteiger partial charge on any atom is -0.356 e. The van der Waals surface area contributed by atoms with Crippen molar-refractivity contribution in [2.75, 3.05) is 20.6 Å². The molecule has 2 heterocycles. The molecule has 134 valence electrons. The second-order valence-electron chi connectivity index (χ2n) is 5.58. The fourth-order valence-electron chi connectivity index (χ4n) is 2.52. The average Bonchev–Trinajstić information content (AvgIpc) is 2.96. The van der Waals surface area contributed by atoms with Crippen molar-refractivity contribution >= 4 is 52.9 Å². The van der Waals surface area contributed by atoms with Gasteiger partial charge in [-0.3, -0.25) is 4.99 Å². The van der Waals surface area contributed by atoms with E-state index in [0.717, 1.165) is 46.9 Å². The minimum atomic E-state index is 0. The Balaban J connectivity index is 0.00000288. The molecule has 0 fully saturated rings. The second-order valence-corrected chi connectivity index (χ2v) is 7.31. The third-order valence-corrected chi connectivity index (χ3v) is 5.02. The number of rotatable bonds is 5. The van der Waals surface area contributed by atoms with Crippen LogP contribution in [0, 0.1) is 13.8 Å². The Morgan fingerprint density at radius 3 is 2.67 bits per heavy atom. The molecule has 24 heavy (non-hydrogen) atoms. The maximum absolute atomic E-state index is 6.04. The van der Waals surface area contributed by atoms with Crippen LogP contribution in [0.25, 0.3) is 0 Å². The summed E-state index contributed by atoms with van der Waals surface area (Å²) >= 11 is 7.81. The smallest absolute Gasteiger partial charge is 0.193 e. The van der Waals surface area contributed by atoms with Crippen molar-refractivity contribution < 1.29 is 0 Å². The van der Waals surface area contributed by atoms with Gasteiger partial charge in [-0.1, -0.05) is 11.6 Å². The van der Waals surface area contributed by atoms with Crippen molar-refractivity contribution in [2.24, 2.45) is 12.0 Å². The molecule has 5 nitrogen and oxygen atoms in total. The molecular weight excluding hydrogens is 457 g/mol. The zero-order valence-electron chi connectivity index (χ0n) is 14.8. The zero-order chi connectivity index (χ0) is 17.0. The van der Waals surface area contributed by atoms with Gasteiger partial charge >= 0.3 is 0 Å². The van der Waals surface area contributed by atoms with Gasteiger partial charge in [-0.05, 0) is 19.9 Å². The third kappa shape index (κ3) is 5.63. The van der Waals surface area contributed by atoms with Crippen molar-refractivity contribution in [3.05, 3.63) is 38.6 Å². The molecule has 0 saturated heterocycles. The molecule has 0 amide bonds. The Morgan fingerprint density at radius 1 is 1.46 bits per heavy atom. The van der Waals surface area contributed by atoms with E-state index in [1.165, 1.54) is 4.88 Å². The number of aryl methyl sites for hydroxylation is 3. The van der Waals surface area contributed by atoms with Crippen LogP contribution in [0.4, 0.5) is 0 Å². The average molecular weight is 482 g/mol. The highest BCUT2D eigenvalue weighted by Gasteiger charge is 2.10. The topological polar surface area (TPSA) is 45.5 Å². The van der Waals surface area contributed by atoms with E-state index in [1.807, 2.05) is 37.8 Å². The van der Waals surface area contributed by atoms with Gasteiger partial charge in [0.1, 0.15) is 0 Å². The van der Waals surface area contributed by atoms with Crippen LogP contribution >= 0.6 is 46.9 Å². The van der Waals surface area contributed by atoms with Crippen LogP contribution in [0.15, 0.2) is 17.3 Å². The highest BCUT2D eigenvalue weighted by molar-refractivity contribution is 14.0. The van der Waals surface area contributed by atoms with E-state index in [2.05, 4.69) is 27.1 Å². The summed E-state index contributed by atoms with van der Waals surface area (Å²) in [6, 6.07) is 1.98. The van der Waals surface area contributed by atoms with E-state index in [4.69, 9.17) is 11.6 Å². The van der Waals surface area contributed by atoms with E-state index >= 15 is 0 Å². The van der Waals surface area contributed by atoms with Crippen molar-refractivity contribution in [2.45, 2.75) is 26.8 Å². The fraction of sp³-hybridized carbons (Fsp3) is 0.500. The molecule has 0 bridgehead atoms. The van der Waals surface area contributed by atoms with Crippen molar-refractivity contribution in [3.8, 4) is 0 Å². The van der Waals surface area contributed by atoms with Crippen LogP contribution in [0.1, 0.15) is 21.3 Å². The van der Waals surface area contributed by atoms with Gasteiger partial charge in [0.15, 0.2) is 5.96 Å². The molecule has 0 aliphatic heterocycles. The molecule has 2 aromatic rings. The van der Waals surface area contributed by atoms with Gasteiger partial charge in [0.2, 0.25) is 0 Å². The van der Waals surface area contributed by atoms with Crippen molar-refractivity contribution in [1.29, 1.82) is 0 Å². The van der Waals surface area contributed by atoms with Crippen LogP contribution < -0.4 is 5.32 Å². The van der Waals surface area contributed by atoms with E-state index in [-0.39, 0.29) is 24.0 Å². The summed E-state index contributed by atoms with van der Waals surface area (Å²) in [4.78, 5) is 12.3. The number of nitrogens with one attached hydrogen (secondary N) is 1. The molecule has 2 rings (SSSR count). The van der Waals surface area contributed by atoms with Gasteiger partial charge in [-0.15, -0.1) is 35.3 Å². The molecule has 0 aromatic carbocycles. The molecule has 0 aliphatic carbocycles. The lowest BCUT2D eigenvalue weighted by molar-refractivity contribution is 0.462. The Kier molecular flexibility index (Phi) is 8.52. The van der Waals surface area contributed by atoms with Crippen LogP contribution in [0.2, 0.25) is 5.02 Å². The molecule has 1 N–H and O–H groups in total. The number of aliphatic imine (C=N–C) groups is 1. The summed E-state index contributed by atoms with van der Waals surface area (Å²) in [7, 11) is 5.83. The molecule has 0 unspecified atom stereocenters. The summed E-state index contributed by atoms with van der Waals surface area (Å²) in [6.45, 7) is 5.71. The van der Waals surface area contributed by atoms with E-state index in [0.29, 0.717) is 0 Å². The minimum absolute atomic E-state index is 0. The number of guanidine groups is 1. The number of halogens is 2. The molecule has 0 aliphatic rings. The largest absolute Gasteiger partial charge is 0.356 e. The first-order chi connectivity index (χ1) is 10.9. The molecule has 0 saturated carbocycles. The maximum atomic E-state index is 6.04. The first-order valence-electron chi connectivity index (χ1n) is 7.56. The summed E-state index contributed by atoms with van der Waals surface area (Å²) in [5, 5.41) is 5.30. The van der Waals surface area contributed by atoms with Crippen LogP contribution in [-0.2, 0) is 20.0 Å². The normalized spacial score (nSPS) is 11.3. The van der Waals surface area contributed by atoms with Gasteiger partial charge in [-0.25, -0.2) is 4.98 Å². The van der Waals surface area contributed by atoms with Gasteiger partial charge < -0.3 is 14.8 Å². The van der Waals surface area contributed by atoms with Gasteiger partial charge in [0, 0.05) is 50.9 Å². The Bertz CT molecular complexity index is 695. The fourth-order valence-corrected chi connectivity index (χ4v) is 3.73. The number of nitrogens with zero attached hydrogens (tertiary/aromatic N) is 4. The number of thiazole rings is 1. The summed E-state index contributed by atoms with van der Waals surface area (Å²) in [5.74, 6) is 0.876. The number of aromatic nitrogens is 2. The van der Waals surface area contributed by atoms with Crippen LogP contribution in [-0.4, -0.2) is 41.1 Å². The first kappa shape index (κ1) is 21.2. The van der Waals surface area contributed by atoms with Gasteiger partial charge in [-0.2, -0.15) is 0 Å². The molecule has 0 spiro atoms. The molecule has 0 atom stereocenters. The monoisotopic (exact) mass is 481 g/mol. The standard InChI is InChI=1S/C16H24ClN5S.HI/c1-11-15(23-12(2)20-11)6-7-19-16(18-3)22(5)10-14-8-13(17)9-21(14)4;/h8-9H,6-7,10H2,1-5H3,(H,18,19);1H. The Morgan fingerprint density at radius 2 is 2.17 bits per heavy atom. The maximum Gasteiger partial charge on any atom is 0.193 e. The van der Waals surface area contributed by atoms with Crippen LogP contribution in [0.3, 0.4) is 0 Å². The number of hydrogen-bond acceptors (Lipinski definition) is 3. The highest BCUT2D eigenvalue weighted by Crippen LogP contribution is 2.17. The highest BCUT2D eigenvalue weighted by atomic mass is 127. The Labute approximate surface area is 170 Å². The summed E-state index contributed by atoms with van der Waals surface area (Å²) in [5.41, 5.74) is 2.28. The quantitative estimate of drug-likeness (QED) is 0.403. The molecular formula is C16H25ClIN5S. The van der Waals surface area contributed by atoms with Crippen molar-refractivity contribution in [1.82, 2.24) is 19.8 Å².